The molecule has 0 spiro atoms. The van der Waals surface area contributed by atoms with Crippen molar-refractivity contribution >= 4 is 23.4 Å². The van der Waals surface area contributed by atoms with Crippen LogP contribution in [-0.4, -0.2) is 32.4 Å². The van der Waals surface area contributed by atoms with E-state index >= 15 is 0 Å². The van der Waals surface area contributed by atoms with Crippen LogP contribution in [0.4, 0.5) is 5.69 Å². The first kappa shape index (κ1) is 15.9. The maximum Gasteiger partial charge on any atom is 0.229 e. The fourth-order valence-corrected chi connectivity index (χ4v) is 2.55. The number of amides is 3. The molecule has 0 radical (unpaired) electrons. The van der Waals surface area contributed by atoms with Crippen LogP contribution < -0.4 is 5.32 Å². The standard InChI is InChI=1S/C17H18N4O3/c22-15(8-11-20-10-1-9-18-20)19-14-4-2-13(3-5-14)12-21-16(23)6-7-17(21)24/h1-5,9-10H,6-8,11-12H2,(H,19,22). The highest BCUT2D eigenvalue weighted by Gasteiger charge is 2.28. The maximum atomic E-state index is 11.9. The van der Waals surface area contributed by atoms with E-state index in [4.69, 9.17) is 0 Å². The van der Waals surface area contributed by atoms with Crippen LogP contribution in [-0.2, 0) is 27.5 Å². The Labute approximate surface area is 139 Å². The summed E-state index contributed by atoms with van der Waals surface area (Å²) in [5.41, 5.74) is 1.54. The van der Waals surface area contributed by atoms with Crippen LogP contribution in [0.3, 0.4) is 0 Å². The Morgan fingerprint density at radius 2 is 1.83 bits per heavy atom. The van der Waals surface area contributed by atoms with Gasteiger partial charge in [-0.25, -0.2) is 0 Å². The molecule has 2 aromatic rings. The van der Waals surface area contributed by atoms with Gasteiger partial charge in [-0.15, -0.1) is 0 Å². The van der Waals surface area contributed by atoms with Crippen LogP contribution in [0.2, 0.25) is 0 Å². The molecule has 1 saturated heterocycles. The van der Waals surface area contributed by atoms with E-state index in [0.717, 1.165) is 5.56 Å². The molecule has 24 heavy (non-hydrogen) atoms. The van der Waals surface area contributed by atoms with Gasteiger partial charge in [0.25, 0.3) is 0 Å². The predicted octanol–water partition coefficient (Wildman–Crippen LogP) is 1.56. The molecule has 1 aromatic carbocycles. The number of carbonyl (C=O) groups excluding carboxylic acids is 3. The average Bonchev–Trinajstić information content (AvgIpc) is 3.20. The second-order valence-electron chi connectivity index (χ2n) is 5.64. The number of aryl methyl sites for hydroxylation is 1. The van der Waals surface area contributed by atoms with Crippen molar-refractivity contribution in [1.29, 1.82) is 0 Å². The van der Waals surface area contributed by atoms with Crippen molar-refractivity contribution in [3.8, 4) is 0 Å². The first-order chi connectivity index (χ1) is 11.6. The van der Waals surface area contributed by atoms with Gasteiger partial charge in [0.05, 0.1) is 6.54 Å². The van der Waals surface area contributed by atoms with Crippen LogP contribution in [0, 0.1) is 0 Å². The molecule has 2 heterocycles. The highest BCUT2D eigenvalue weighted by Crippen LogP contribution is 2.17. The van der Waals surface area contributed by atoms with Crippen molar-refractivity contribution < 1.29 is 14.4 Å². The maximum absolute atomic E-state index is 11.9. The van der Waals surface area contributed by atoms with E-state index in [2.05, 4.69) is 10.4 Å². The Morgan fingerprint density at radius 3 is 2.46 bits per heavy atom. The van der Waals surface area contributed by atoms with Gasteiger partial charge < -0.3 is 5.32 Å². The van der Waals surface area contributed by atoms with Gasteiger partial charge >= 0.3 is 0 Å². The molecule has 0 atom stereocenters. The number of aromatic nitrogens is 2. The molecular formula is C17H18N4O3. The van der Waals surface area contributed by atoms with E-state index in [1.165, 1.54) is 4.90 Å². The molecular weight excluding hydrogens is 308 g/mol. The van der Waals surface area contributed by atoms with Crippen molar-refractivity contribution in [1.82, 2.24) is 14.7 Å². The lowest BCUT2D eigenvalue weighted by molar-refractivity contribution is -0.139. The van der Waals surface area contributed by atoms with Gasteiger partial charge in [0.15, 0.2) is 0 Å². The third kappa shape index (κ3) is 3.87. The van der Waals surface area contributed by atoms with E-state index in [1.807, 2.05) is 24.4 Å². The summed E-state index contributed by atoms with van der Waals surface area (Å²) < 4.78 is 1.70. The zero-order valence-electron chi connectivity index (χ0n) is 13.1. The van der Waals surface area contributed by atoms with E-state index < -0.39 is 0 Å². The molecule has 0 saturated carbocycles. The number of imide groups is 1. The van der Waals surface area contributed by atoms with E-state index in [1.54, 1.807) is 23.0 Å². The molecule has 124 valence electrons. The number of anilines is 1. The summed E-state index contributed by atoms with van der Waals surface area (Å²) in [6.45, 7) is 0.807. The second kappa shape index (κ2) is 7.08. The molecule has 0 aliphatic carbocycles. The minimum Gasteiger partial charge on any atom is -0.326 e. The lowest BCUT2D eigenvalue weighted by atomic mass is 10.2. The number of hydrogen-bond acceptors (Lipinski definition) is 4. The quantitative estimate of drug-likeness (QED) is 0.817. The number of carbonyl (C=O) groups is 3. The zero-order chi connectivity index (χ0) is 16.9. The van der Waals surface area contributed by atoms with Gasteiger partial charge in [-0.05, 0) is 23.8 Å². The lowest BCUT2D eigenvalue weighted by Crippen LogP contribution is -2.28. The van der Waals surface area contributed by atoms with Crippen LogP contribution >= 0.6 is 0 Å². The normalized spacial score (nSPS) is 14.2. The molecule has 1 fully saturated rings. The van der Waals surface area contributed by atoms with E-state index in [0.29, 0.717) is 31.5 Å². The molecule has 1 N–H and O–H groups in total. The summed E-state index contributed by atoms with van der Waals surface area (Å²) in [4.78, 5) is 36.4. The summed E-state index contributed by atoms with van der Waals surface area (Å²) in [5, 5.41) is 6.86. The van der Waals surface area contributed by atoms with Crippen molar-refractivity contribution in [2.24, 2.45) is 0 Å². The van der Waals surface area contributed by atoms with Gasteiger partial charge in [-0.3, -0.25) is 24.0 Å². The fourth-order valence-electron chi connectivity index (χ4n) is 2.55. The number of benzene rings is 1. The Balaban J connectivity index is 1.51. The van der Waals surface area contributed by atoms with Crippen LogP contribution in [0.15, 0.2) is 42.7 Å². The van der Waals surface area contributed by atoms with Gasteiger partial charge in [-0.2, -0.15) is 5.10 Å². The third-order valence-corrected chi connectivity index (χ3v) is 3.86. The highest BCUT2D eigenvalue weighted by molar-refractivity contribution is 6.01. The SMILES string of the molecule is O=C(CCn1cccn1)Nc1ccc(CN2C(=O)CCC2=O)cc1. The molecule has 1 aromatic heterocycles. The number of hydrogen-bond donors (Lipinski definition) is 1. The molecule has 1 aliphatic heterocycles. The van der Waals surface area contributed by atoms with Crippen LogP contribution in [0.1, 0.15) is 24.8 Å². The van der Waals surface area contributed by atoms with E-state index in [9.17, 15) is 14.4 Å². The third-order valence-electron chi connectivity index (χ3n) is 3.86. The molecule has 1 aliphatic rings. The average molecular weight is 326 g/mol. The summed E-state index contributed by atoms with van der Waals surface area (Å²) in [6.07, 6.45) is 4.40. The summed E-state index contributed by atoms with van der Waals surface area (Å²) in [7, 11) is 0. The van der Waals surface area contributed by atoms with Crippen LogP contribution in [0.5, 0.6) is 0 Å². The first-order valence-corrected chi connectivity index (χ1v) is 7.81. The highest BCUT2D eigenvalue weighted by atomic mass is 16.2. The van der Waals surface area contributed by atoms with Crippen molar-refractivity contribution in [3.05, 3.63) is 48.3 Å². The van der Waals surface area contributed by atoms with Gasteiger partial charge in [0.2, 0.25) is 17.7 Å². The largest absolute Gasteiger partial charge is 0.326 e. The Kier molecular flexibility index (Phi) is 4.69. The number of likely N-dealkylation sites (tertiary alicyclic amines) is 1. The monoisotopic (exact) mass is 326 g/mol. The summed E-state index contributed by atoms with van der Waals surface area (Å²) in [5.74, 6) is -0.352. The minimum absolute atomic E-state index is 0.0943. The number of nitrogens with zero attached hydrogens (tertiary/aromatic N) is 3. The number of nitrogens with one attached hydrogen (secondary N) is 1. The Bertz CT molecular complexity index is 722. The van der Waals surface area contributed by atoms with Crippen LogP contribution in [0.25, 0.3) is 0 Å². The first-order valence-electron chi connectivity index (χ1n) is 7.81. The lowest BCUT2D eigenvalue weighted by Gasteiger charge is -2.14. The van der Waals surface area contributed by atoms with Crippen molar-refractivity contribution in [2.45, 2.75) is 32.4 Å². The van der Waals surface area contributed by atoms with Crippen molar-refractivity contribution in [3.63, 3.8) is 0 Å². The van der Waals surface area contributed by atoms with Gasteiger partial charge in [-0.1, -0.05) is 12.1 Å². The van der Waals surface area contributed by atoms with E-state index in [-0.39, 0.29) is 24.3 Å². The topological polar surface area (TPSA) is 84.3 Å². The Hall–Kier alpha value is -2.96. The van der Waals surface area contributed by atoms with Gasteiger partial charge in [0.1, 0.15) is 0 Å². The molecule has 0 bridgehead atoms. The predicted molar refractivity (Wildman–Crippen MR) is 86.7 cm³/mol. The zero-order valence-corrected chi connectivity index (χ0v) is 13.1. The summed E-state index contributed by atoms with van der Waals surface area (Å²) in [6, 6.07) is 8.97. The molecule has 3 amide bonds. The molecule has 7 heteroatoms. The van der Waals surface area contributed by atoms with Crippen molar-refractivity contribution in [2.75, 3.05) is 5.32 Å². The second-order valence-corrected chi connectivity index (χ2v) is 5.64. The fraction of sp³-hybridized carbons (Fsp3) is 0.294. The smallest absolute Gasteiger partial charge is 0.229 e. The molecule has 3 rings (SSSR count). The molecule has 7 nitrogen and oxygen atoms in total. The minimum atomic E-state index is -0.129. The Morgan fingerprint density at radius 1 is 1.12 bits per heavy atom. The summed E-state index contributed by atoms with van der Waals surface area (Å²) >= 11 is 0. The number of rotatable bonds is 6. The molecule has 0 unspecified atom stereocenters. The van der Waals surface area contributed by atoms with Gasteiger partial charge in [0, 0.05) is 43.9 Å².